The van der Waals surface area contributed by atoms with Crippen LogP contribution < -0.4 is 5.32 Å². The van der Waals surface area contributed by atoms with Gasteiger partial charge in [-0.2, -0.15) is 0 Å². The van der Waals surface area contributed by atoms with E-state index in [-0.39, 0.29) is 19.2 Å². The van der Waals surface area contributed by atoms with Gasteiger partial charge in [-0.3, -0.25) is 9.80 Å². The molecule has 31 heavy (non-hydrogen) atoms. The molecule has 168 valence electrons. The SMILES string of the molecule is C=CCN1C(=O)NC(c2ccc(Cl)cc2Cl)C(C(=O)OCC)=C1CN1CCCCC1C. The molecule has 2 amide bonds. The van der Waals surface area contributed by atoms with Gasteiger partial charge in [0.15, 0.2) is 0 Å². The van der Waals surface area contributed by atoms with Crippen LogP contribution >= 0.6 is 23.2 Å². The fourth-order valence-electron chi connectivity index (χ4n) is 4.20. The Morgan fingerprint density at radius 1 is 1.35 bits per heavy atom. The second-order valence-electron chi connectivity index (χ2n) is 7.84. The van der Waals surface area contributed by atoms with E-state index in [0.29, 0.717) is 39.5 Å². The van der Waals surface area contributed by atoms with E-state index < -0.39 is 12.0 Å². The summed E-state index contributed by atoms with van der Waals surface area (Å²) in [5, 5.41) is 3.79. The number of halogens is 2. The van der Waals surface area contributed by atoms with Crippen LogP contribution in [-0.2, 0) is 9.53 Å². The highest BCUT2D eigenvalue weighted by molar-refractivity contribution is 6.35. The maximum absolute atomic E-state index is 13.2. The lowest BCUT2D eigenvalue weighted by Crippen LogP contribution is -2.52. The number of hydrogen-bond acceptors (Lipinski definition) is 4. The quantitative estimate of drug-likeness (QED) is 0.457. The molecule has 0 aliphatic carbocycles. The van der Waals surface area contributed by atoms with Crippen molar-refractivity contribution in [3.63, 3.8) is 0 Å². The van der Waals surface area contributed by atoms with Gasteiger partial charge in [-0.15, -0.1) is 6.58 Å². The molecule has 6 nitrogen and oxygen atoms in total. The number of benzene rings is 1. The summed E-state index contributed by atoms with van der Waals surface area (Å²) in [5.74, 6) is -0.466. The van der Waals surface area contributed by atoms with Crippen molar-refractivity contribution in [2.75, 3.05) is 26.2 Å². The zero-order valence-electron chi connectivity index (χ0n) is 18.0. The average molecular weight is 466 g/mol. The Morgan fingerprint density at radius 2 is 2.13 bits per heavy atom. The maximum Gasteiger partial charge on any atom is 0.338 e. The van der Waals surface area contributed by atoms with Gasteiger partial charge in [-0.05, 0) is 50.9 Å². The van der Waals surface area contributed by atoms with Crippen molar-refractivity contribution in [2.24, 2.45) is 0 Å². The minimum absolute atomic E-state index is 0.228. The molecule has 8 heteroatoms. The van der Waals surface area contributed by atoms with E-state index in [2.05, 4.69) is 23.7 Å². The number of piperidine rings is 1. The van der Waals surface area contributed by atoms with Gasteiger partial charge in [0, 0.05) is 34.9 Å². The number of nitrogens with zero attached hydrogens (tertiary/aromatic N) is 2. The number of ether oxygens (including phenoxy) is 1. The van der Waals surface area contributed by atoms with Crippen LogP contribution in [0.25, 0.3) is 0 Å². The molecule has 0 bridgehead atoms. The molecule has 2 heterocycles. The first kappa shape index (κ1) is 23.6. The van der Waals surface area contributed by atoms with Gasteiger partial charge < -0.3 is 10.1 Å². The number of carbonyl (C=O) groups is 2. The van der Waals surface area contributed by atoms with Gasteiger partial charge in [-0.1, -0.05) is 41.8 Å². The molecule has 1 aromatic rings. The van der Waals surface area contributed by atoms with E-state index in [1.165, 1.54) is 6.42 Å². The predicted molar refractivity (Wildman–Crippen MR) is 123 cm³/mol. The van der Waals surface area contributed by atoms with E-state index in [9.17, 15) is 9.59 Å². The van der Waals surface area contributed by atoms with Crippen molar-refractivity contribution >= 4 is 35.2 Å². The molecule has 1 aromatic carbocycles. The maximum atomic E-state index is 13.2. The second kappa shape index (κ2) is 10.5. The predicted octanol–water partition coefficient (Wildman–Crippen LogP) is 4.94. The minimum Gasteiger partial charge on any atom is -0.463 e. The third-order valence-corrected chi connectivity index (χ3v) is 6.37. The van der Waals surface area contributed by atoms with Crippen molar-refractivity contribution < 1.29 is 14.3 Å². The Kier molecular flexibility index (Phi) is 8.03. The molecule has 0 spiro atoms. The summed E-state index contributed by atoms with van der Waals surface area (Å²) < 4.78 is 5.42. The van der Waals surface area contributed by atoms with Gasteiger partial charge in [-0.25, -0.2) is 9.59 Å². The summed E-state index contributed by atoms with van der Waals surface area (Å²) in [5.41, 5.74) is 1.63. The van der Waals surface area contributed by atoms with Gasteiger partial charge in [0.25, 0.3) is 0 Å². The largest absolute Gasteiger partial charge is 0.463 e. The Morgan fingerprint density at radius 3 is 2.77 bits per heavy atom. The van der Waals surface area contributed by atoms with Gasteiger partial charge in [0.2, 0.25) is 0 Å². The highest BCUT2D eigenvalue weighted by Crippen LogP contribution is 2.36. The molecular formula is C23H29Cl2N3O3. The molecule has 2 atom stereocenters. The topological polar surface area (TPSA) is 61.9 Å². The van der Waals surface area contributed by atoms with Gasteiger partial charge in [0.05, 0.1) is 18.2 Å². The Bertz CT molecular complexity index is 887. The molecule has 2 aliphatic rings. The van der Waals surface area contributed by atoms with Gasteiger partial charge >= 0.3 is 12.0 Å². The number of nitrogens with one attached hydrogen (secondary N) is 1. The average Bonchev–Trinajstić information content (AvgIpc) is 2.72. The van der Waals surface area contributed by atoms with Gasteiger partial charge in [0.1, 0.15) is 0 Å². The van der Waals surface area contributed by atoms with E-state index >= 15 is 0 Å². The van der Waals surface area contributed by atoms with Crippen molar-refractivity contribution in [3.8, 4) is 0 Å². The van der Waals surface area contributed by atoms with Crippen LogP contribution in [0.5, 0.6) is 0 Å². The van der Waals surface area contributed by atoms with Crippen LogP contribution in [0.4, 0.5) is 4.79 Å². The Balaban J connectivity index is 2.15. The summed E-state index contributed by atoms with van der Waals surface area (Å²) in [4.78, 5) is 30.2. The number of carbonyl (C=O) groups excluding carboxylic acids is 2. The summed E-state index contributed by atoms with van der Waals surface area (Å²) in [6, 6.07) is 4.36. The van der Waals surface area contributed by atoms with Crippen LogP contribution in [0.15, 0.2) is 42.1 Å². The molecule has 0 aromatic heterocycles. The fraction of sp³-hybridized carbons (Fsp3) is 0.478. The monoisotopic (exact) mass is 465 g/mol. The van der Waals surface area contributed by atoms with E-state index in [4.69, 9.17) is 27.9 Å². The normalized spacial score (nSPS) is 22.3. The highest BCUT2D eigenvalue weighted by Gasteiger charge is 2.39. The van der Waals surface area contributed by atoms with Crippen LogP contribution in [0.2, 0.25) is 10.0 Å². The van der Waals surface area contributed by atoms with Crippen molar-refractivity contribution in [1.29, 1.82) is 0 Å². The van der Waals surface area contributed by atoms with Crippen molar-refractivity contribution in [3.05, 3.63) is 57.7 Å². The minimum atomic E-state index is -0.729. The summed E-state index contributed by atoms with van der Waals surface area (Å²) in [6.45, 7) is 9.62. The van der Waals surface area contributed by atoms with Crippen molar-refractivity contribution in [2.45, 2.75) is 45.2 Å². The molecule has 1 N–H and O–H groups in total. The van der Waals surface area contributed by atoms with Crippen LogP contribution in [-0.4, -0.2) is 54.1 Å². The van der Waals surface area contributed by atoms with Crippen LogP contribution in [0, 0.1) is 0 Å². The first-order valence-electron chi connectivity index (χ1n) is 10.6. The molecule has 3 rings (SSSR count). The Labute approximate surface area is 193 Å². The molecule has 2 aliphatic heterocycles. The molecule has 1 fully saturated rings. The number of esters is 1. The third-order valence-electron chi connectivity index (χ3n) is 5.81. The van der Waals surface area contributed by atoms with E-state index in [1.54, 1.807) is 36.1 Å². The standard InChI is InChI=1S/C23H29Cl2N3O3/c1-4-11-28-19(14-27-12-7-6-8-15(27)3)20(22(29)31-5-2)21(26-23(28)30)17-10-9-16(24)13-18(17)25/h4,9-10,13,15,21H,1,5-8,11-12,14H2,2-3H3,(H,26,30). The lowest BCUT2D eigenvalue weighted by Gasteiger charge is -2.41. The molecule has 1 saturated heterocycles. The van der Waals surface area contributed by atoms with Crippen LogP contribution in [0.1, 0.15) is 44.7 Å². The molecule has 0 radical (unpaired) electrons. The van der Waals surface area contributed by atoms with Crippen LogP contribution in [0.3, 0.4) is 0 Å². The molecule has 0 saturated carbocycles. The third kappa shape index (κ3) is 5.25. The zero-order valence-corrected chi connectivity index (χ0v) is 19.5. The van der Waals surface area contributed by atoms with E-state index in [0.717, 1.165) is 19.4 Å². The fourth-order valence-corrected chi connectivity index (χ4v) is 4.72. The summed E-state index contributed by atoms with van der Waals surface area (Å²) >= 11 is 12.5. The lowest BCUT2D eigenvalue weighted by molar-refractivity contribution is -0.139. The Hall–Kier alpha value is -2.02. The molecule has 2 unspecified atom stereocenters. The number of likely N-dealkylation sites (tertiary alicyclic amines) is 1. The summed E-state index contributed by atoms with van der Waals surface area (Å²) in [7, 11) is 0. The highest BCUT2D eigenvalue weighted by atomic mass is 35.5. The zero-order chi connectivity index (χ0) is 22.5. The first-order chi connectivity index (χ1) is 14.9. The number of rotatable bonds is 7. The number of urea groups is 1. The molecular weight excluding hydrogens is 437 g/mol. The first-order valence-corrected chi connectivity index (χ1v) is 11.4. The second-order valence-corrected chi connectivity index (χ2v) is 8.69. The number of hydrogen-bond donors (Lipinski definition) is 1. The van der Waals surface area contributed by atoms with E-state index in [1.807, 2.05) is 0 Å². The lowest BCUT2D eigenvalue weighted by atomic mass is 9.93. The van der Waals surface area contributed by atoms with Crippen molar-refractivity contribution in [1.82, 2.24) is 15.1 Å². The number of amides is 2. The smallest absolute Gasteiger partial charge is 0.338 e. The summed E-state index contributed by atoms with van der Waals surface area (Å²) in [6.07, 6.45) is 5.01.